The maximum absolute atomic E-state index is 5.65. The highest BCUT2D eigenvalue weighted by atomic mass is 35.5. The maximum atomic E-state index is 5.65. The molecule has 0 bridgehead atoms. The number of rotatable bonds is 3. The number of aromatic nitrogens is 3. The van der Waals surface area contributed by atoms with Gasteiger partial charge in [0, 0.05) is 0 Å². The second-order valence-corrected chi connectivity index (χ2v) is 3.38. The smallest absolute Gasteiger partial charge is 0.324 e. The van der Waals surface area contributed by atoms with E-state index in [4.69, 9.17) is 21.1 Å². The normalized spacial score (nSPS) is 16.1. The molecule has 2 rings (SSSR count). The quantitative estimate of drug-likeness (QED) is 0.764. The number of nitrogens with zero attached hydrogens (tertiary/aromatic N) is 3. The van der Waals surface area contributed by atoms with Crippen LogP contribution in [0.5, 0.6) is 12.0 Å². The first-order chi connectivity index (χ1) is 6.78. The zero-order chi connectivity index (χ0) is 9.97. The Morgan fingerprint density at radius 1 is 1.21 bits per heavy atom. The zero-order valence-electron chi connectivity index (χ0n) is 7.73. The lowest BCUT2D eigenvalue weighted by atomic mass is 9.96. The topological polar surface area (TPSA) is 57.1 Å². The Hall–Kier alpha value is -1.10. The summed E-state index contributed by atoms with van der Waals surface area (Å²) in [5.74, 6) is 0. The van der Waals surface area contributed by atoms with Crippen LogP contribution >= 0.6 is 11.6 Å². The lowest BCUT2D eigenvalue weighted by Gasteiger charge is -2.24. The van der Waals surface area contributed by atoms with Crippen LogP contribution in [0.3, 0.4) is 0 Å². The molecule has 1 saturated carbocycles. The van der Waals surface area contributed by atoms with Crippen LogP contribution in [0.4, 0.5) is 0 Å². The summed E-state index contributed by atoms with van der Waals surface area (Å²) < 4.78 is 10.3. The van der Waals surface area contributed by atoms with Gasteiger partial charge in [-0.25, -0.2) is 0 Å². The summed E-state index contributed by atoms with van der Waals surface area (Å²) in [4.78, 5) is 11.5. The van der Waals surface area contributed by atoms with Crippen molar-refractivity contribution >= 4 is 11.6 Å². The molecule has 1 heterocycles. The molecule has 0 spiro atoms. The van der Waals surface area contributed by atoms with E-state index in [9.17, 15) is 0 Å². The Bertz CT molecular complexity index is 330. The average Bonchev–Trinajstić information content (AvgIpc) is 2.10. The minimum Gasteiger partial charge on any atom is -0.467 e. The highest BCUT2D eigenvalue weighted by Gasteiger charge is 2.21. The van der Waals surface area contributed by atoms with Crippen molar-refractivity contribution in [2.75, 3.05) is 7.11 Å². The van der Waals surface area contributed by atoms with E-state index >= 15 is 0 Å². The number of methoxy groups -OCH3 is 1. The fourth-order valence-electron chi connectivity index (χ4n) is 1.10. The number of hydrogen-bond donors (Lipinski definition) is 0. The van der Waals surface area contributed by atoms with Gasteiger partial charge in [0.25, 0.3) is 0 Å². The van der Waals surface area contributed by atoms with Crippen LogP contribution in [0.2, 0.25) is 5.28 Å². The lowest BCUT2D eigenvalue weighted by Crippen LogP contribution is -2.25. The van der Waals surface area contributed by atoms with Gasteiger partial charge in [-0.2, -0.15) is 9.97 Å². The largest absolute Gasteiger partial charge is 0.467 e. The standard InChI is InChI=1S/C8H10ClN3O2/c1-13-7-10-6(9)11-8(12-7)14-5-3-2-4-5/h5H,2-4H2,1H3. The second kappa shape index (κ2) is 3.96. The third kappa shape index (κ3) is 2.04. The molecule has 76 valence electrons. The predicted molar refractivity (Wildman–Crippen MR) is 49.7 cm³/mol. The molecule has 1 fully saturated rings. The number of halogens is 1. The molecule has 6 heteroatoms. The van der Waals surface area contributed by atoms with Gasteiger partial charge in [0.1, 0.15) is 6.10 Å². The Balaban J connectivity index is 2.11. The first kappa shape index (κ1) is 9.45. The van der Waals surface area contributed by atoms with Crippen molar-refractivity contribution in [3.8, 4) is 12.0 Å². The minimum absolute atomic E-state index is 0.0890. The molecule has 5 nitrogen and oxygen atoms in total. The van der Waals surface area contributed by atoms with Gasteiger partial charge in [0.2, 0.25) is 5.28 Å². The van der Waals surface area contributed by atoms with Gasteiger partial charge in [-0.05, 0) is 30.9 Å². The zero-order valence-corrected chi connectivity index (χ0v) is 8.49. The van der Waals surface area contributed by atoms with Crippen molar-refractivity contribution in [2.24, 2.45) is 0 Å². The summed E-state index contributed by atoms with van der Waals surface area (Å²) >= 11 is 5.65. The van der Waals surface area contributed by atoms with E-state index in [1.54, 1.807) is 0 Å². The molecule has 0 N–H and O–H groups in total. The molecule has 0 atom stereocenters. The van der Waals surface area contributed by atoms with Crippen molar-refractivity contribution in [3.05, 3.63) is 5.28 Å². The first-order valence-electron chi connectivity index (χ1n) is 4.40. The monoisotopic (exact) mass is 215 g/mol. The van der Waals surface area contributed by atoms with E-state index < -0.39 is 0 Å². The van der Waals surface area contributed by atoms with Gasteiger partial charge < -0.3 is 9.47 Å². The minimum atomic E-state index is 0.0890. The molecule has 0 saturated heterocycles. The average molecular weight is 216 g/mol. The predicted octanol–water partition coefficient (Wildman–Crippen LogP) is 1.46. The molecule has 1 aromatic heterocycles. The van der Waals surface area contributed by atoms with Gasteiger partial charge in [-0.1, -0.05) is 0 Å². The van der Waals surface area contributed by atoms with Crippen LogP contribution in [0.15, 0.2) is 0 Å². The molecule has 0 aliphatic heterocycles. The van der Waals surface area contributed by atoms with Crippen molar-refractivity contribution in [1.82, 2.24) is 15.0 Å². The van der Waals surface area contributed by atoms with Crippen molar-refractivity contribution in [2.45, 2.75) is 25.4 Å². The number of hydrogen-bond acceptors (Lipinski definition) is 5. The Kier molecular flexibility index (Phi) is 2.67. The van der Waals surface area contributed by atoms with Crippen LogP contribution in [0.25, 0.3) is 0 Å². The maximum Gasteiger partial charge on any atom is 0.324 e. The lowest BCUT2D eigenvalue weighted by molar-refractivity contribution is 0.107. The van der Waals surface area contributed by atoms with E-state index in [1.807, 2.05) is 0 Å². The van der Waals surface area contributed by atoms with Crippen LogP contribution in [-0.4, -0.2) is 28.2 Å². The summed E-state index contributed by atoms with van der Waals surface area (Å²) in [5.41, 5.74) is 0. The van der Waals surface area contributed by atoms with Gasteiger partial charge in [-0.3, -0.25) is 0 Å². The van der Waals surface area contributed by atoms with Gasteiger partial charge in [0.05, 0.1) is 7.11 Å². The van der Waals surface area contributed by atoms with Crippen LogP contribution in [-0.2, 0) is 0 Å². The fraction of sp³-hybridized carbons (Fsp3) is 0.625. The van der Waals surface area contributed by atoms with Gasteiger partial charge >= 0.3 is 12.0 Å². The van der Waals surface area contributed by atoms with Crippen LogP contribution < -0.4 is 9.47 Å². The van der Waals surface area contributed by atoms with E-state index in [1.165, 1.54) is 13.5 Å². The first-order valence-corrected chi connectivity index (χ1v) is 4.78. The summed E-state index contributed by atoms with van der Waals surface area (Å²) in [7, 11) is 1.47. The van der Waals surface area contributed by atoms with Crippen LogP contribution in [0, 0.1) is 0 Å². The molecular formula is C8H10ClN3O2. The summed E-state index contributed by atoms with van der Waals surface area (Å²) in [6.45, 7) is 0. The van der Waals surface area contributed by atoms with E-state index in [0.29, 0.717) is 0 Å². The highest BCUT2D eigenvalue weighted by molar-refractivity contribution is 6.28. The molecule has 0 aromatic carbocycles. The molecule has 0 radical (unpaired) electrons. The highest BCUT2D eigenvalue weighted by Crippen LogP contribution is 2.24. The number of ether oxygens (including phenoxy) is 2. The fourth-order valence-corrected chi connectivity index (χ4v) is 1.24. The molecule has 0 unspecified atom stereocenters. The molecule has 14 heavy (non-hydrogen) atoms. The molecule has 1 aliphatic carbocycles. The molecular weight excluding hydrogens is 206 g/mol. The second-order valence-electron chi connectivity index (χ2n) is 3.04. The Morgan fingerprint density at radius 3 is 2.50 bits per heavy atom. The third-order valence-electron chi connectivity index (χ3n) is 2.07. The summed E-state index contributed by atoms with van der Waals surface area (Å²) in [5, 5.41) is 0.0890. The third-order valence-corrected chi connectivity index (χ3v) is 2.24. The van der Waals surface area contributed by atoms with Gasteiger partial charge in [0.15, 0.2) is 0 Å². The summed E-state index contributed by atoms with van der Waals surface area (Å²) in [6.07, 6.45) is 3.51. The molecule has 1 aromatic rings. The van der Waals surface area contributed by atoms with Crippen molar-refractivity contribution < 1.29 is 9.47 Å². The molecule has 0 amide bonds. The van der Waals surface area contributed by atoms with E-state index in [0.717, 1.165) is 12.8 Å². The van der Waals surface area contributed by atoms with Crippen LogP contribution in [0.1, 0.15) is 19.3 Å². The van der Waals surface area contributed by atoms with E-state index in [-0.39, 0.29) is 23.4 Å². The van der Waals surface area contributed by atoms with Gasteiger partial charge in [-0.15, -0.1) is 4.98 Å². The SMILES string of the molecule is COc1nc(Cl)nc(OC2CCC2)n1. The summed E-state index contributed by atoms with van der Waals surface area (Å²) in [6, 6.07) is 0.422. The Morgan fingerprint density at radius 2 is 1.93 bits per heavy atom. The van der Waals surface area contributed by atoms with Crippen molar-refractivity contribution in [1.29, 1.82) is 0 Å². The van der Waals surface area contributed by atoms with Crippen molar-refractivity contribution in [3.63, 3.8) is 0 Å². The molecule has 1 aliphatic rings. The van der Waals surface area contributed by atoms with E-state index in [2.05, 4.69) is 15.0 Å². The Labute approximate surface area is 86.4 Å².